The summed E-state index contributed by atoms with van der Waals surface area (Å²) in [5.74, 6) is 0.0530. The Morgan fingerprint density at radius 2 is 2.27 bits per heavy atom. The van der Waals surface area contributed by atoms with Crippen molar-refractivity contribution in [1.82, 2.24) is 14.7 Å². The maximum atomic E-state index is 13.3. The molecule has 1 aromatic heterocycles. The summed E-state index contributed by atoms with van der Waals surface area (Å²) < 4.78 is 14.9. The molecule has 1 aliphatic rings. The molecule has 1 fully saturated rings. The largest absolute Gasteiger partial charge is 0.391 e. The van der Waals surface area contributed by atoms with Gasteiger partial charge in [-0.2, -0.15) is 0 Å². The number of likely N-dealkylation sites (tertiary alicyclic amines) is 1. The van der Waals surface area contributed by atoms with Gasteiger partial charge in [0, 0.05) is 24.8 Å². The van der Waals surface area contributed by atoms with Gasteiger partial charge in [0.15, 0.2) is 5.82 Å². The Morgan fingerprint density at radius 3 is 2.95 bits per heavy atom. The summed E-state index contributed by atoms with van der Waals surface area (Å²) in [7, 11) is 0. The van der Waals surface area contributed by atoms with E-state index in [1.54, 1.807) is 27.8 Å². The van der Waals surface area contributed by atoms with E-state index >= 15 is 0 Å². The number of aliphatic hydroxyl groups excluding tert-OH is 1. The van der Waals surface area contributed by atoms with Crippen molar-refractivity contribution in [2.75, 3.05) is 18.4 Å². The molecule has 1 saturated heterocycles. The van der Waals surface area contributed by atoms with Crippen molar-refractivity contribution >= 4 is 11.8 Å². The third kappa shape index (κ3) is 2.94. The molecule has 0 saturated carbocycles. The third-order valence-corrected chi connectivity index (χ3v) is 3.63. The zero-order valence-corrected chi connectivity index (χ0v) is 12.2. The third-order valence-electron chi connectivity index (χ3n) is 3.63. The van der Waals surface area contributed by atoms with Crippen molar-refractivity contribution < 1.29 is 14.3 Å². The molecule has 3 rings (SSSR count). The summed E-state index contributed by atoms with van der Waals surface area (Å²) in [5, 5.41) is 16.4. The van der Waals surface area contributed by atoms with Crippen LogP contribution in [0.4, 0.5) is 15.0 Å². The van der Waals surface area contributed by atoms with Crippen LogP contribution in [0.2, 0.25) is 0 Å². The maximum absolute atomic E-state index is 13.3. The molecular weight excluding hydrogens is 287 g/mol. The minimum absolute atomic E-state index is 0.291. The summed E-state index contributed by atoms with van der Waals surface area (Å²) in [4.78, 5) is 13.6. The lowest BCUT2D eigenvalue weighted by atomic mass is 10.3. The van der Waals surface area contributed by atoms with Crippen molar-refractivity contribution in [2.45, 2.75) is 19.4 Å². The van der Waals surface area contributed by atoms with Gasteiger partial charge in [-0.25, -0.2) is 13.9 Å². The molecule has 116 valence electrons. The highest BCUT2D eigenvalue weighted by Crippen LogP contribution is 2.17. The molecule has 1 aliphatic heterocycles. The number of carbonyl (C=O) groups is 1. The molecule has 0 radical (unpaired) electrons. The molecule has 6 nitrogen and oxygen atoms in total. The van der Waals surface area contributed by atoms with Gasteiger partial charge in [-0.1, -0.05) is 6.07 Å². The van der Waals surface area contributed by atoms with Crippen LogP contribution in [0.1, 0.15) is 12.1 Å². The summed E-state index contributed by atoms with van der Waals surface area (Å²) in [6, 6.07) is 7.52. The highest BCUT2D eigenvalue weighted by molar-refractivity contribution is 5.88. The van der Waals surface area contributed by atoms with Crippen LogP contribution in [-0.2, 0) is 0 Å². The van der Waals surface area contributed by atoms with Gasteiger partial charge >= 0.3 is 6.03 Å². The first kappa shape index (κ1) is 14.5. The van der Waals surface area contributed by atoms with Crippen LogP contribution < -0.4 is 5.32 Å². The summed E-state index contributed by atoms with van der Waals surface area (Å²) in [6.45, 7) is 2.68. The van der Waals surface area contributed by atoms with E-state index in [0.29, 0.717) is 31.0 Å². The van der Waals surface area contributed by atoms with Crippen LogP contribution in [0.25, 0.3) is 5.69 Å². The lowest BCUT2D eigenvalue weighted by molar-refractivity contribution is 0.176. The number of aryl methyl sites for hydroxylation is 1. The molecule has 22 heavy (non-hydrogen) atoms. The van der Waals surface area contributed by atoms with Gasteiger partial charge in [-0.15, -0.1) is 5.10 Å². The minimum atomic E-state index is -0.461. The Balaban J connectivity index is 1.76. The van der Waals surface area contributed by atoms with Gasteiger partial charge in [-0.3, -0.25) is 5.32 Å². The number of aliphatic hydroxyl groups is 1. The fourth-order valence-corrected chi connectivity index (χ4v) is 2.52. The highest BCUT2D eigenvalue weighted by Gasteiger charge is 2.25. The number of benzene rings is 1. The first-order valence-corrected chi connectivity index (χ1v) is 7.09. The SMILES string of the molecule is Cc1cc(NC(=O)N2CC[C@H](O)C2)nn1-c1cccc(F)c1. The van der Waals surface area contributed by atoms with Crippen LogP contribution in [-0.4, -0.2) is 45.0 Å². The van der Waals surface area contributed by atoms with Crippen molar-refractivity contribution in [2.24, 2.45) is 0 Å². The predicted octanol–water partition coefficient (Wildman–Crippen LogP) is 1.92. The Kier molecular flexibility index (Phi) is 3.81. The second-order valence-electron chi connectivity index (χ2n) is 5.38. The lowest BCUT2D eigenvalue weighted by Gasteiger charge is -2.15. The van der Waals surface area contributed by atoms with Crippen molar-refractivity contribution in [3.05, 3.63) is 41.8 Å². The molecule has 0 spiro atoms. The van der Waals surface area contributed by atoms with Gasteiger partial charge in [-0.05, 0) is 31.5 Å². The molecule has 0 bridgehead atoms. The summed E-state index contributed by atoms with van der Waals surface area (Å²) in [5.41, 5.74) is 1.37. The number of urea groups is 1. The molecule has 2 N–H and O–H groups in total. The molecule has 2 aromatic rings. The van der Waals surface area contributed by atoms with Crippen LogP contribution in [0.15, 0.2) is 30.3 Å². The molecule has 1 aromatic carbocycles. The van der Waals surface area contributed by atoms with E-state index in [1.807, 2.05) is 6.92 Å². The zero-order chi connectivity index (χ0) is 15.7. The average Bonchev–Trinajstić information content (AvgIpc) is 3.05. The quantitative estimate of drug-likeness (QED) is 0.890. The van der Waals surface area contributed by atoms with E-state index < -0.39 is 6.10 Å². The second kappa shape index (κ2) is 5.76. The van der Waals surface area contributed by atoms with Crippen LogP contribution in [0.5, 0.6) is 0 Å². The number of hydrogen-bond donors (Lipinski definition) is 2. The van der Waals surface area contributed by atoms with Crippen LogP contribution in [0.3, 0.4) is 0 Å². The van der Waals surface area contributed by atoms with E-state index in [0.717, 1.165) is 5.69 Å². The average molecular weight is 304 g/mol. The maximum Gasteiger partial charge on any atom is 0.323 e. The number of aromatic nitrogens is 2. The monoisotopic (exact) mass is 304 g/mol. The minimum Gasteiger partial charge on any atom is -0.391 e. The number of rotatable bonds is 2. The Labute approximate surface area is 127 Å². The zero-order valence-electron chi connectivity index (χ0n) is 12.2. The Morgan fingerprint density at radius 1 is 1.45 bits per heavy atom. The number of nitrogens with one attached hydrogen (secondary N) is 1. The molecule has 2 heterocycles. The fraction of sp³-hybridized carbons (Fsp3) is 0.333. The highest BCUT2D eigenvalue weighted by atomic mass is 19.1. The normalized spacial score (nSPS) is 17.8. The number of amides is 2. The molecule has 0 aliphatic carbocycles. The van der Waals surface area contributed by atoms with Crippen molar-refractivity contribution in [3.8, 4) is 5.69 Å². The molecule has 1 atom stereocenters. The van der Waals surface area contributed by atoms with E-state index in [-0.39, 0.29) is 11.8 Å². The topological polar surface area (TPSA) is 70.4 Å². The van der Waals surface area contributed by atoms with E-state index in [4.69, 9.17) is 0 Å². The first-order chi connectivity index (χ1) is 10.5. The van der Waals surface area contributed by atoms with Gasteiger partial charge in [0.1, 0.15) is 5.82 Å². The predicted molar refractivity (Wildman–Crippen MR) is 79.5 cm³/mol. The van der Waals surface area contributed by atoms with Gasteiger partial charge in [0.2, 0.25) is 0 Å². The molecule has 7 heteroatoms. The van der Waals surface area contributed by atoms with Gasteiger partial charge < -0.3 is 10.0 Å². The smallest absolute Gasteiger partial charge is 0.323 e. The van der Waals surface area contributed by atoms with Crippen LogP contribution in [0, 0.1) is 12.7 Å². The second-order valence-corrected chi connectivity index (χ2v) is 5.38. The number of carbonyl (C=O) groups excluding carboxylic acids is 1. The van der Waals surface area contributed by atoms with Gasteiger partial charge in [0.25, 0.3) is 0 Å². The standard InChI is InChI=1S/C15H17FN4O2/c1-10-7-14(17-15(22)19-6-5-13(21)9-19)18-20(10)12-4-2-3-11(16)8-12/h2-4,7-8,13,21H,5-6,9H2,1H3,(H,17,18,22)/t13-/m0/s1. The number of β-amino-alcohol motifs (C(OH)–C–C–N with tert-alkyl or cyclic N) is 1. The summed E-state index contributed by atoms with van der Waals surface area (Å²) >= 11 is 0. The van der Waals surface area contributed by atoms with E-state index in [1.165, 1.54) is 12.1 Å². The van der Waals surface area contributed by atoms with Gasteiger partial charge in [0.05, 0.1) is 11.8 Å². The molecule has 0 unspecified atom stereocenters. The van der Waals surface area contributed by atoms with E-state index in [9.17, 15) is 14.3 Å². The number of halogens is 1. The number of anilines is 1. The molecule has 2 amide bonds. The lowest BCUT2D eigenvalue weighted by Crippen LogP contribution is -2.33. The molecular formula is C15H17FN4O2. The Bertz CT molecular complexity index is 701. The number of hydrogen-bond acceptors (Lipinski definition) is 3. The first-order valence-electron chi connectivity index (χ1n) is 7.09. The van der Waals surface area contributed by atoms with Crippen molar-refractivity contribution in [1.29, 1.82) is 0 Å². The Hall–Kier alpha value is -2.41. The van der Waals surface area contributed by atoms with Crippen LogP contribution >= 0.6 is 0 Å². The number of nitrogens with zero attached hydrogens (tertiary/aromatic N) is 3. The van der Waals surface area contributed by atoms with E-state index in [2.05, 4.69) is 10.4 Å². The van der Waals surface area contributed by atoms with Crippen molar-refractivity contribution in [3.63, 3.8) is 0 Å². The summed E-state index contributed by atoms with van der Waals surface area (Å²) in [6.07, 6.45) is 0.127. The fourth-order valence-electron chi connectivity index (χ4n) is 2.52.